The van der Waals surface area contributed by atoms with Crippen LogP contribution >= 0.6 is 0 Å². The number of carboxylic acids is 1. The Morgan fingerprint density at radius 3 is 2.36 bits per heavy atom. The van der Waals surface area contributed by atoms with E-state index in [1.165, 1.54) is 0 Å². The quantitative estimate of drug-likeness (QED) is 0.766. The van der Waals surface area contributed by atoms with Gasteiger partial charge in [-0.15, -0.1) is 0 Å². The van der Waals surface area contributed by atoms with Gasteiger partial charge in [0.1, 0.15) is 6.54 Å². The van der Waals surface area contributed by atoms with E-state index >= 15 is 0 Å². The van der Waals surface area contributed by atoms with Gasteiger partial charge < -0.3 is 15.7 Å². The molecule has 0 saturated carbocycles. The van der Waals surface area contributed by atoms with Crippen LogP contribution in [0.3, 0.4) is 0 Å². The van der Waals surface area contributed by atoms with E-state index in [1.54, 1.807) is 24.3 Å². The fourth-order valence-electron chi connectivity index (χ4n) is 2.11. The van der Waals surface area contributed by atoms with Gasteiger partial charge in [-0.25, -0.2) is 0 Å². The van der Waals surface area contributed by atoms with Gasteiger partial charge in [-0.3, -0.25) is 9.59 Å². The predicted octanol–water partition coefficient (Wildman–Crippen LogP) is 2.67. The molecular weight excluding hydrogens is 280 g/mol. The van der Waals surface area contributed by atoms with Crippen LogP contribution in [-0.4, -0.2) is 23.5 Å². The summed E-state index contributed by atoms with van der Waals surface area (Å²) in [5.74, 6) is -1.22. The summed E-state index contributed by atoms with van der Waals surface area (Å²) in [5, 5.41) is 14.4. The van der Waals surface area contributed by atoms with Crippen LogP contribution in [0, 0.1) is 0 Å². The van der Waals surface area contributed by atoms with Crippen molar-refractivity contribution in [2.24, 2.45) is 0 Å². The maximum Gasteiger partial charge on any atom is 0.322 e. The van der Waals surface area contributed by atoms with Crippen LogP contribution in [-0.2, 0) is 4.79 Å². The molecule has 0 aliphatic rings. The van der Waals surface area contributed by atoms with E-state index in [0.717, 1.165) is 5.56 Å². The van der Waals surface area contributed by atoms with E-state index in [9.17, 15) is 9.59 Å². The summed E-state index contributed by atoms with van der Waals surface area (Å²) in [5.41, 5.74) is 1.93. The molecule has 0 unspecified atom stereocenters. The lowest BCUT2D eigenvalue weighted by atomic mass is 10.1. The second-order valence-electron chi connectivity index (χ2n) is 4.90. The Morgan fingerprint density at radius 1 is 1.05 bits per heavy atom. The topological polar surface area (TPSA) is 78.4 Å². The van der Waals surface area contributed by atoms with E-state index < -0.39 is 5.97 Å². The van der Waals surface area contributed by atoms with Gasteiger partial charge in [-0.2, -0.15) is 0 Å². The number of para-hydroxylation sites is 1. The maximum absolute atomic E-state index is 12.4. The fourth-order valence-corrected chi connectivity index (χ4v) is 2.11. The summed E-state index contributed by atoms with van der Waals surface area (Å²) < 4.78 is 0. The predicted molar refractivity (Wildman–Crippen MR) is 84.9 cm³/mol. The molecule has 2 aromatic rings. The van der Waals surface area contributed by atoms with Crippen molar-refractivity contribution in [1.29, 1.82) is 0 Å². The first kappa shape index (κ1) is 15.6. The Bertz CT molecular complexity index is 656. The molecule has 2 rings (SSSR count). The molecule has 0 aliphatic carbocycles. The van der Waals surface area contributed by atoms with E-state index in [0.29, 0.717) is 11.3 Å². The number of hydrogen-bond acceptors (Lipinski definition) is 3. The van der Waals surface area contributed by atoms with Crippen LogP contribution in [0.15, 0.2) is 54.6 Å². The highest BCUT2D eigenvalue weighted by Gasteiger charge is 2.14. The smallest absolute Gasteiger partial charge is 0.322 e. The summed E-state index contributed by atoms with van der Waals surface area (Å²) >= 11 is 0. The molecule has 5 heteroatoms. The molecule has 0 fully saturated rings. The summed E-state index contributed by atoms with van der Waals surface area (Å²) in [6.07, 6.45) is 0. The number of anilines is 1. The summed E-state index contributed by atoms with van der Waals surface area (Å²) in [6.45, 7) is 1.67. The average Bonchev–Trinajstić information content (AvgIpc) is 2.54. The normalized spacial score (nSPS) is 11.5. The number of amides is 1. The average molecular weight is 298 g/mol. The number of nitrogens with one attached hydrogen (secondary N) is 2. The second kappa shape index (κ2) is 7.26. The molecule has 0 aliphatic heterocycles. The Hall–Kier alpha value is -2.82. The van der Waals surface area contributed by atoms with Gasteiger partial charge >= 0.3 is 5.97 Å². The Kier molecular flexibility index (Phi) is 5.14. The van der Waals surface area contributed by atoms with Crippen molar-refractivity contribution in [1.82, 2.24) is 5.32 Å². The molecule has 0 radical (unpaired) electrons. The van der Waals surface area contributed by atoms with Crippen molar-refractivity contribution >= 4 is 17.6 Å². The lowest BCUT2D eigenvalue weighted by Gasteiger charge is -2.16. The number of carbonyl (C=O) groups is 2. The molecule has 22 heavy (non-hydrogen) atoms. The zero-order chi connectivity index (χ0) is 15.9. The number of rotatable bonds is 6. The third-order valence-corrected chi connectivity index (χ3v) is 3.25. The van der Waals surface area contributed by atoms with E-state index in [-0.39, 0.29) is 18.5 Å². The fraction of sp³-hybridized carbons (Fsp3) is 0.176. The summed E-state index contributed by atoms with van der Waals surface area (Å²) in [4.78, 5) is 23.0. The van der Waals surface area contributed by atoms with Crippen LogP contribution in [0.4, 0.5) is 5.69 Å². The summed E-state index contributed by atoms with van der Waals surface area (Å²) in [6, 6.07) is 16.3. The SMILES string of the molecule is C[C@@H](NC(=O)c1ccccc1NCC(=O)O)c1ccccc1. The highest BCUT2D eigenvalue weighted by atomic mass is 16.4. The molecule has 1 amide bonds. The van der Waals surface area contributed by atoms with Crippen molar-refractivity contribution in [3.63, 3.8) is 0 Å². The Labute approximate surface area is 129 Å². The van der Waals surface area contributed by atoms with Gasteiger partial charge in [0.05, 0.1) is 11.6 Å². The minimum absolute atomic E-state index is 0.138. The summed E-state index contributed by atoms with van der Waals surface area (Å²) in [7, 11) is 0. The van der Waals surface area contributed by atoms with Crippen molar-refractivity contribution < 1.29 is 14.7 Å². The first-order valence-electron chi connectivity index (χ1n) is 6.98. The first-order chi connectivity index (χ1) is 10.6. The lowest BCUT2D eigenvalue weighted by molar-refractivity contribution is -0.134. The molecule has 3 N–H and O–H groups in total. The lowest BCUT2D eigenvalue weighted by Crippen LogP contribution is -2.27. The first-order valence-corrected chi connectivity index (χ1v) is 6.98. The maximum atomic E-state index is 12.4. The van der Waals surface area contributed by atoms with Gasteiger partial charge in [0, 0.05) is 5.69 Å². The molecule has 1 atom stereocenters. The molecule has 114 valence electrons. The zero-order valence-corrected chi connectivity index (χ0v) is 12.2. The van der Waals surface area contributed by atoms with Crippen LogP contribution < -0.4 is 10.6 Å². The molecule has 0 heterocycles. The molecular formula is C17H18N2O3. The highest BCUT2D eigenvalue weighted by Crippen LogP contribution is 2.17. The minimum Gasteiger partial charge on any atom is -0.480 e. The van der Waals surface area contributed by atoms with Crippen LogP contribution in [0.5, 0.6) is 0 Å². The number of carboxylic acid groups (broad SMARTS) is 1. The Morgan fingerprint density at radius 2 is 1.68 bits per heavy atom. The number of carbonyl (C=O) groups excluding carboxylic acids is 1. The van der Waals surface area contributed by atoms with E-state index in [4.69, 9.17) is 5.11 Å². The largest absolute Gasteiger partial charge is 0.480 e. The second-order valence-corrected chi connectivity index (χ2v) is 4.90. The van der Waals surface area contributed by atoms with Crippen molar-refractivity contribution in [3.8, 4) is 0 Å². The minimum atomic E-state index is -0.979. The van der Waals surface area contributed by atoms with Crippen molar-refractivity contribution in [3.05, 3.63) is 65.7 Å². The van der Waals surface area contributed by atoms with Crippen molar-refractivity contribution in [2.45, 2.75) is 13.0 Å². The third-order valence-electron chi connectivity index (χ3n) is 3.25. The Balaban J connectivity index is 2.11. The van der Waals surface area contributed by atoms with Crippen molar-refractivity contribution in [2.75, 3.05) is 11.9 Å². The molecule has 5 nitrogen and oxygen atoms in total. The number of hydrogen-bond donors (Lipinski definition) is 3. The number of benzene rings is 2. The standard InChI is InChI=1S/C17H18N2O3/c1-12(13-7-3-2-4-8-13)19-17(22)14-9-5-6-10-15(14)18-11-16(20)21/h2-10,12,18H,11H2,1H3,(H,19,22)(H,20,21)/t12-/m1/s1. The van der Waals surface area contributed by atoms with Crippen LogP contribution in [0.2, 0.25) is 0 Å². The molecule has 0 spiro atoms. The molecule has 0 bridgehead atoms. The van der Waals surface area contributed by atoms with E-state index in [2.05, 4.69) is 10.6 Å². The van der Waals surface area contributed by atoms with Gasteiger partial charge in [0.15, 0.2) is 0 Å². The van der Waals surface area contributed by atoms with Crippen LogP contribution in [0.1, 0.15) is 28.9 Å². The monoisotopic (exact) mass is 298 g/mol. The molecule has 0 aromatic heterocycles. The van der Waals surface area contributed by atoms with Crippen LogP contribution in [0.25, 0.3) is 0 Å². The van der Waals surface area contributed by atoms with Gasteiger partial charge in [-0.1, -0.05) is 42.5 Å². The number of aliphatic carboxylic acids is 1. The molecule has 0 saturated heterocycles. The van der Waals surface area contributed by atoms with Gasteiger partial charge in [0.2, 0.25) is 0 Å². The van der Waals surface area contributed by atoms with Gasteiger partial charge in [0.25, 0.3) is 5.91 Å². The third kappa shape index (κ3) is 4.09. The van der Waals surface area contributed by atoms with Gasteiger partial charge in [-0.05, 0) is 24.6 Å². The van der Waals surface area contributed by atoms with E-state index in [1.807, 2.05) is 37.3 Å². The zero-order valence-electron chi connectivity index (χ0n) is 12.2. The molecule has 2 aromatic carbocycles. The highest BCUT2D eigenvalue weighted by molar-refractivity contribution is 6.00.